The predicted molar refractivity (Wildman–Crippen MR) is 95.0 cm³/mol. The van der Waals surface area contributed by atoms with Gasteiger partial charge in [0, 0.05) is 25.2 Å². The van der Waals surface area contributed by atoms with Crippen LogP contribution >= 0.6 is 0 Å². The van der Waals surface area contributed by atoms with Crippen LogP contribution in [0.25, 0.3) is 0 Å². The number of aryl methyl sites for hydroxylation is 1. The first kappa shape index (κ1) is 17.7. The van der Waals surface area contributed by atoms with E-state index in [0.29, 0.717) is 23.1 Å². The van der Waals surface area contributed by atoms with Crippen LogP contribution in [-0.2, 0) is 0 Å². The first-order valence-electron chi connectivity index (χ1n) is 9.13. The van der Waals surface area contributed by atoms with Crippen molar-refractivity contribution in [2.75, 3.05) is 18.0 Å². The van der Waals surface area contributed by atoms with Crippen LogP contribution in [0.15, 0.2) is 6.07 Å². The number of nitrogens with zero attached hydrogens (tertiary/aromatic N) is 4. The van der Waals surface area contributed by atoms with Crippen molar-refractivity contribution in [1.29, 1.82) is 10.5 Å². The topological polar surface area (TPSA) is 96.0 Å². The van der Waals surface area contributed by atoms with Crippen molar-refractivity contribution >= 4 is 5.82 Å². The van der Waals surface area contributed by atoms with E-state index in [2.05, 4.69) is 27.3 Å². The van der Waals surface area contributed by atoms with Crippen LogP contribution < -0.4 is 10.2 Å². The minimum Gasteiger partial charge on any atom is -0.392 e. The van der Waals surface area contributed by atoms with E-state index in [1.54, 1.807) is 6.07 Å². The lowest BCUT2D eigenvalue weighted by molar-refractivity contribution is 0.0828. The lowest BCUT2D eigenvalue weighted by atomic mass is 9.91. The van der Waals surface area contributed by atoms with Crippen molar-refractivity contribution in [2.24, 2.45) is 0 Å². The smallest absolute Gasteiger partial charge is 0.148 e. The number of aliphatic hydroxyl groups excluding tert-OH is 1. The Morgan fingerprint density at radius 1 is 1.16 bits per heavy atom. The molecule has 1 saturated heterocycles. The number of piperidine rings is 1. The molecule has 0 aromatic carbocycles. The summed E-state index contributed by atoms with van der Waals surface area (Å²) in [6.07, 6.45) is 5.92. The number of rotatable bonds is 3. The lowest BCUT2D eigenvalue weighted by Crippen LogP contribution is -2.51. The van der Waals surface area contributed by atoms with E-state index in [1.165, 1.54) is 6.42 Å². The first-order valence-corrected chi connectivity index (χ1v) is 9.13. The standard InChI is InChI=1S/C19H25N5O/c1-13-10-15(11-20)23-19(16(13)12-21)24-8-6-14(7-9-24)22-17-4-2-3-5-18(17)25/h10,14,17-18,22,25H,2-9H2,1H3/t17?,18-/m1/s1. The van der Waals surface area contributed by atoms with Crippen LogP contribution in [0.4, 0.5) is 5.82 Å². The van der Waals surface area contributed by atoms with Gasteiger partial charge in [0.15, 0.2) is 0 Å². The Kier molecular flexibility index (Phi) is 5.53. The van der Waals surface area contributed by atoms with Crippen molar-refractivity contribution in [3.63, 3.8) is 0 Å². The van der Waals surface area contributed by atoms with Crippen molar-refractivity contribution in [3.8, 4) is 12.1 Å². The molecule has 1 unspecified atom stereocenters. The highest BCUT2D eigenvalue weighted by Gasteiger charge is 2.28. The molecular formula is C19H25N5O. The SMILES string of the molecule is Cc1cc(C#N)nc(N2CCC(NC3CCCC[C@H]3O)CC2)c1C#N. The van der Waals surface area contributed by atoms with Gasteiger partial charge in [-0.15, -0.1) is 0 Å². The number of anilines is 1. The summed E-state index contributed by atoms with van der Waals surface area (Å²) >= 11 is 0. The van der Waals surface area contributed by atoms with Crippen LogP contribution in [0.2, 0.25) is 0 Å². The van der Waals surface area contributed by atoms with Crippen molar-refractivity contribution in [1.82, 2.24) is 10.3 Å². The molecule has 1 aliphatic heterocycles. The molecule has 6 heteroatoms. The summed E-state index contributed by atoms with van der Waals surface area (Å²) in [7, 11) is 0. The second-order valence-electron chi connectivity index (χ2n) is 7.13. The molecule has 2 heterocycles. The molecule has 0 spiro atoms. The number of hydrogen-bond donors (Lipinski definition) is 2. The largest absolute Gasteiger partial charge is 0.392 e. The van der Waals surface area contributed by atoms with Crippen LogP contribution in [0.1, 0.15) is 55.3 Å². The van der Waals surface area contributed by atoms with Gasteiger partial charge in [-0.25, -0.2) is 4.98 Å². The quantitative estimate of drug-likeness (QED) is 0.874. The molecular weight excluding hydrogens is 314 g/mol. The molecule has 2 N–H and O–H groups in total. The third-order valence-electron chi connectivity index (χ3n) is 5.40. The fourth-order valence-corrected chi connectivity index (χ4v) is 3.95. The molecule has 2 fully saturated rings. The molecule has 0 radical (unpaired) electrons. The predicted octanol–water partition coefficient (Wildman–Crippen LogP) is 2.00. The fourth-order valence-electron chi connectivity index (χ4n) is 3.95. The fraction of sp³-hybridized carbons (Fsp3) is 0.632. The third-order valence-corrected chi connectivity index (χ3v) is 5.40. The molecule has 0 amide bonds. The summed E-state index contributed by atoms with van der Waals surface area (Å²) in [4.78, 5) is 6.49. The first-order chi connectivity index (χ1) is 12.1. The van der Waals surface area contributed by atoms with Crippen LogP contribution in [0, 0.1) is 29.6 Å². The zero-order valence-electron chi connectivity index (χ0n) is 14.7. The number of aliphatic hydroxyl groups is 1. The highest BCUT2D eigenvalue weighted by Crippen LogP contribution is 2.26. The molecule has 132 valence electrons. The van der Waals surface area contributed by atoms with E-state index in [9.17, 15) is 10.4 Å². The maximum absolute atomic E-state index is 10.1. The maximum atomic E-state index is 10.1. The van der Waals surface area contributed by atoms with Gasteiger partial charge in [-0.2, -0.15) is 10.5 Å². The van der Waals surface area contributed by atoms with E-state index in [1.807, 2.05) is 6.92 Å². The van der Waals surface area contributed by atoms with E-state index in [4.69, 9.17) is 5.26 Å². The molecule has 3 rings (SSSR count). The Morgan fingerprint density at radius 2 is 1.88 bits per heavy atom. The minimum atomic E-state index is -0.228. The van der Waals surface area contributed by atoms with E-state index < -0.39 is 0 Å². The highest BCUT2D eigenvalue weighted by molar-refractivity contribution is 5.59. The number of aromatic nitrogens is 1. The van der Waals surface area contributed by atoms with Gasteiger partial charge in [0.25, 0.3) is 0 Å². The average Bonchev–Trinajstić information content (AvgIpc) is 2.63. The molecule has 1 aromatic heterocycles. The van der Waals surface area contributed by atoms with E-state index in [-0.39, 0.29) is 12.1 Å². The Morgan fingerprint density at radius 3 is 2.52 bits per heavy atom. The van der Waals surface area contributed by atoms with Gasteiger partial charge in [-0.05, 0) is 44.2 Å². The van der Waals surface area contributed by atoms with E-state index >= 15 is 0 Å². The summed E-state index contributed by atoms with van der Waals surface area (Å²) in [6, 6.07) is 6.58. The molecule has 25 heavy (non-hydrogen) atoms. The van der Waals surface area contributed by atoms with Gasteiger partial charge < -0.3 is 15.3 Å². The second-order valence-corrected chi connectivity index (χ2v) is 7.13. The normalized spacial score (nSPS) is 24.6. The Bertz CT molecular complexity index is 697. The Hall–Kier alpha value is -2.15. The molecule has 0 bridgehead atoms. The number of nitriles is 2. The maximum Gasteiger partial charge on any atom is 0.148 e. The zero-order chi connectivity index (χ0) is 17.8. The van der Waals surface area contributed by atoms with E-state index in [0.717, 1.165) is 50.8 Å². The molecule has 1 saturated carbocycles. The summed E-state index contributed by atoms with van der Waals surface area (Å²) in [5, 5.41) is 32.4. The minimum absolute atomic E-state index is 0.210. The van der Waals surface area contributed by atoms with Gasteiger partial charge >= 0.3 is 0 Å². The Labute approximate surface area is 149 Å². The zero-order valence-corrected chi connectivity index (χ0v) is 14.7. The van der Waals surface area contributed by atoms with Crippen molar-refractivity contribution < 1.29 is 5.11 Å². The molecule has 2 atom stereocenters. The van der Waals surface area contributed by atoms with Gasteiger partial charge in [0.2, 0.25) is 0 Å². The number of pyridine rings is 1. The monoisotopic (exact) mass is 339 g/mol. The van der Waals surface area contributed by atoms with Crippen molar-refractivity contribution in [3.05, 3.63) is 22.9 Å². The number of hydrogen-bond acceptors (Lipinski definition) is 6. The van der Waals surface area contributed by atoms with Gasteiger partial charge in [0.1, 0.15) is 23.7 Å². The molecule has 6 nitrogen and oxygen atoms in total. The van der Waals surface area contributed by atoms with Gasteiger partial charge in [-0.3, -0.25) is 0 Å². The third kappa shape index (κ3) is 3.92. The molecule has 2 aliphatic rings. The van der Waals surface area contributed by atoms with Crippen LogP contribution in [0.3, 0.4) is 0 Å². The van der Waals surface area contributed by atoms with Crippen LogP contribution in [-0.4, -0.2) is 41.4 Å². The van der Waals surface area contributed by atoms with Gasteiger partial charge in [0.05, 0.1) is 11.7 Å². The highest BCUT2D eigenvalue weighted by atomic mass is 16.3. The molecule has 1 aliphatic carbocycles. The van der Waals surface area contributed by atoms with Crippen LogP contribution in [0.5, 0.6) is 0 Å². The lowest BCUT2D eigenvalue weighted by Gasteiger charge is -2.38. The average molecular weight is 339 g/mol. The Balaban J connectivity index is 1.65. The molecule has 1 aromatic rings. The summed E-state index contributed by atoms with van der Waals surface area (Å²) in [6.45, 7) is 3.45. The number of nitrogens with one attached hydrogen (secondary N) is 1. The van der Waals surface area contributed by atoms with Gasteiger partial charge in [-0.1, -0.05) is 12.8 Å². The summed E-state index contributed by atoms with van der Waals surface area (Å²) in [5.41, 5.74) is 1.72. The second kappa shape index (κ2) is 7.82. The summed E-state index contributed by atoms with van der Waals surface area (Å²) < 4.78 is 0. The van der Waals surface area contributed by atoms with Crippen molar-refractivity contribution in [2.45, 2.75) is 63.6 Å². The summed E-state index contributed by atoms with van der Waals surface area (Å²) in [5.74, 6) is 0.634.